The third kappa shape index (κ3) is 2.97. The first-order valence-electron chi connectivity index (χ1n) is 9.75. The zero-order valence-corrected chi connectivity index (χ0v) is 15.2. The van der Waals surface area contributed by atoms with Gasteiger partial charge in [-0.1, -0.05) is 23.4 Å². The predicted octanol–water partition coefficient (Wildman–Crippen LogP) is 3.77. The molecule has 0 atom stereocenters. The summed E-state index contributed by atoms with van der Waals surface area (Å²) in [5, 5.41) is 12.8. The molecule has 2 aliphatic rings. The average molecular weight is 365 g/mol. The Kier molecular flexibility index (Phi) is 4.07. The topological polar surface area (TPSA) is 76.2 Å². The van der Waals surface area contributed by atoms with E-state index in [0.717, 1.165) is 60.8 Å². The molecule has 0 spiro atoms. The minimum atomic E-state index is -0.0829. The number of para-hydroxylation sites is 1. The van der Waals surface area contributed by atoms with Crippen LogP contribution in [0.3, 0.4) is 0 Å². The van der Waals surface area contributed by atoms with Crippen LogP contribution in [0.5, 0.6) is 0 Å². The monoisotopic (exact) mass is 365 g/mol. The van der Waals surface area contributed by atoms with E-state index >= 15 is 0 Å². The number of hydrogen-bond donors (Lipinski definition) is 1. The molecule has 0 saturated carbocycles. The summed E-state index contributed by atoms with van der Waals surface area (Å²) in [6, 6.07) is 8.51. The summed E-state index contributed by atoms with van der Waals surface area (Å²) in [4.78, 5) is 14.5. The molecular weight excluding hydrogens is 342 g/mol. The van der Waals surface area contributed by atoms with Crippen LogP contribution in [0.4, 0.5) is 10.6 Å². The van der Waals surface area contributed by atoms with Crippen molar-refractivity contribution in [2.75, 3.05) is 18.4 Å². The highest BCUT2D eigenvalue weighted by Crippen LogP contribution is 2.29. The Morgan fingerprint density at radius 3 is 2.85 bits per heavy atom. The molecule has 5 rings (SSSR count). The number of aryl methyl sites for hydroxylation is 1. The number of urea groups is 1. The van der Waals surface area contributed by atoms with Gasteiger partial charge in [-0.25, -0.2) is 4.79 Å². The molecule has 1 aromatic carbocycles. The number of nitrogens with zero attached hydrogens (tertiary/aromatic N) is 4. The van der Waals surface area contributed by atoms with Gasteiger partial charge < -0.3 is 9.42 Å². The quantitative estimate of drug-likeness (QED) is 0.750. The van der Waals surface area contributed by atoms with Gasteiger partial charge >= 0.3 is 6.03 Å². The maximum Gasteiger partial charge on any atom is 0.323 e. The first-order valence-corrected chi connectivity index (χ1v) is 9.75. The van der Waals surface area contributed by atoms with Gasteiger partial charge in [0.15, 0.2) is 5.82 Å². The third-order valence-corrected chi connectivity index (χ3v) is 5.78. The molecule has 1 N–H and O–H groups in total. The molecular formula is C20H23N5O2. The molecule has 7 nitrogen and oxygen atoms in total. The number of carbonyl (C=O) groups excluding carboxylic acids is 1. The van der Waals surface area contributed by atoms with E-state index in [1.165, 1.54) is 0 Å². The summed E-state index contributed by atoms with van der Waals surface area (Å²) >= 11 is 0. The molecule has 1 aliphatic heterocycles. The fraction of sp³-hybridized carbons (Fsp3) is 0.450. The van der Waals surface area contributed by atoms with Crippen LogP contribution in [0.2, 0.25) is 0 Å². The second kappa shape index (κ2) is 6.72. The molecule has 7 heteroatoms. The van der Waals surface area contributed by atoms with E-state index in [1.54, 1.807) is 0 Å². The number of rotatable bonds is 2. The van der Waals surface area contributed by atoms with E-state index in [2.05, 4.69) is 32.4 Å². The van der Waals surface area contributed by atoms with Gasteiger partial charge in [0.2, 0.25) is 0 Å². The van der Waals surface area contributed by atoms with Crippen molar-refractivity contribution < 1.29 is 9.32 Å². The lowest BCUT2D eigenvalue weighted by atomic mass is 9.98. The molecule has 0 bridgehead atoms. The second-order valence-corrected chi connectivity index (χ2v) is 7.44. The lowest BCUT2D eigenvalue weighted by molar-refractivity contribution is 0.181. The molecule has 2 aromatic heterocycles. The molecule has 0 unspecified atom stereocenters. The highest BCUT2D eigenvalue weighted by molar-refractivity contribution is 5.89. The number of amides is 2. The molecule has 27 heavy (non-hydrogen) atoms. The van der Waals surface area contributed by atoms with Crippen LogP contribution < -0.4 is 5.32 Å². The van der Waals surface area contributed by atoms with Crippen molar-refractivity contribution in [3.63, 3.8) is 0 Å². The molecule has 3 heterocycles. The number of benzene rings is 1. The van der Waals surface area contributed by atoms with Crippen molar-refractivity contribution in [3.05, 3.63) is 41.8 Å². The Balaban J connectivity index is 1.24. The van der Waals surface area contributed by atoms with E-state index < -0.39 is 0 Å². The van der Waals surface area contributed by atoms with Gasteiger partial charge in [0, 0.05) is 30.5 Å². The van der Waals surface area contributed by atoms with Crippen molar-refractivity contribution in [1.29, 1.82) is 0 Å². The standard InChI is InChI=1S/C20H23N5O2/c26-20(22-19-16-6-2-4-8-18(16)27-23-19)24-11-9-15(10-12-24)25-17-7-3-1-5-14(17)13-21-25/h1,3,5,7,13,15H,2,4,6,8-12H2,(H,22,23,26). The summed E-state index contributed by atoms with van der Waals surface area (Å²) in [5.41, 5.74) is 2.24. The Morgan fingerprint density at radius 2 is 1.96 bits per heavy atom. The average Bonchev–Trinajstić information content (AvgIpc) is 3.33. The van der Waals surface area contributed by atoms with Crippen molar-refractivity contribution in [3.8, 4) is 0 Å². The minimum Gasteiger partial charge on any atom is -0.359 e. The van der Waals surface area contributed by atoms with Crippen LogP contribution in [0.15, 0.2) is 35.0 Å². The van der Waals surface area contributed by atoms with Gasteiger partial charge in [0.1, 0.15) is 5.76 Å². The van der Waals surface area contributed by atoms with Gasteiger partial charge in [-0.05, 0) is 38.2 Å². The normalized spacial score (nSPS) is 17.9. The van der Waals surface area contributed by atoms with Crippen molar-refractivity contribution in [2.45, 2.75) is 44.6 Å². The van der Waals surface area contributed by atoms with Crippen LogP contribution in [0.1, 0.15) is 43.0 Å². The summed E-state index contributed by atoms with van der Waals surface area (Å²) in [6.45, 7) is 1.43. The molecule has 1 aliphatic carbocycles. The highest BCUT2D eigenvalue weighted by Gasteiger charge is 2.27. The Labute approximate surface area is 157 Å². The number of likely N-dealkylation sites (tertiary alicyclic amines) is 1. The summed E-state index contributed by atoms with van der Waals surface area (Å²) in [6.07, 6.45) is 7.82. The van der Waals surface area contributed by atoms with Crippen LogP contribution in [-0.4, -0.2) is 39.0 Å². The summed E-state index contributed by atoms with van der Waals surface area (Å²) in [7, 11) is 0. The number of hydrogen-bond acceptors (Lipinski definition) is 4. The van der Waals surface area contributed by atoms with Gasteiger partial charge in [0.05, 0.1) is 17.8 Å². The van der Waals surface area contributed by atoms with E-state index in [0.29, 0.717) is 24.9 Å². The number of piperidine rings is 1. The van der Waals surface area contributed by atoms with E-state index in [4.69, 9.17) is 4.52 Å². The zero-order chi connectivity index (χ0) is 18.2. The summed E-state index contributed by atoms with van der Waals surface area (Å²) in [5.74, 6) is 1.54. The lowest BCUT2D eigenvalue weighted by Gasteiger charge is -2.32. The van der Waals surface area contributed by atoms with E-state index in [1.807, 2.05) is 23.2 Å². The molecule has 0 radical (unpaired) electrons. The maximum atomic E-state index is 12.7. The fourth-order valence-electron chi connectivity index (χ4n) is 4.26. The van der Waals surface area contributed by atoms with Crippen LogP contribution in [-0.2, 0) is 12.8 Å². The number of carbonyl (C=O) groups is 1. The summed E-state index contributed by atoms with van der Waals surface area (Å²) < 4.78 is 7.50. The maximum absolute atomic E-state index is 12.7. The van der Waals surface area contributed by atoms with Gasteiger partial charge in [-0.3, -0.25) is 10.00 Å². The zero-order valence-electron chi connectivity index (χ0n) is 15.2. The third-order valence-electron chi connectivity index (χ3n) is 5.78. The van der Waals surface area contributed by atoms with Crippen LogP contribution in [0.25, 0.3) is 10.9 Å². The lowest BCUT2D eigenvalue weighted by Crippen LogP contribution is -2.41. The van der Waals surface area contributed by atoms with Gasteiger partial charge in [-0.2, -0.15) is 5.10 Å². The van der Waals surface area contributed by atoms with Crippen molar-refractivity contribution >= 4 is 22.8 Å². The molecule has 1 saturated heterocycles. The first-order chi connectivity index (χ1) is 13.3. The molecule has 2 amide bonds. The van der Waals surface area contributed by atoms with Gasteiger partial charge in [0.25, 0.3) is 0 Å². The molecule has 140 valence electrons. The Morgan fingerprint density at radius 1 is 1.15 bits per heavy atom. The van der Waals surface area contributed by atoms with E-state index in [9.17, 15) is 4.79 Å². The second-order valence-electron chi connectivity index (χ2n) is 7.44. The highest BCUT2D eigenvalue weighted by atomic mass is 16.5. The SMILES string of the molecule is O=C(Nc1noc2c1CCCC2)N1CCC(n2ncc3ccccc32)CC1. The predicted molar refractivity (Wildman–Crippen MR) is 102 cm³/mol. The van der Waals surface area contributed by atoms with Crippen LogP contribution >= 0.6 is 0 Å². The number of anilines is 1. The number of aromatic nitrogens is 3. The number of fused-ring (bicyclic) bond motifs is 2. The first kappa shape index (κ1) is 16.4. The smallest absolute Gasteiger partial charge is 0.323 e. The largest absolute Gasteiger partial charge is 0.359 e. The number of nitrogens with one attached hydrogen (secondary N) is 1. The fourth-order valence-corrected chi connectivity index (χ4v) is 4.26. The van der Waals surface area contributed by atoms with Crippen molar-refractivity contribution in [2.24, 2.45) is 0 Å². The minimum absolute atomic E-state index is 0.0829. The Bertz CT molecular complexity index is 968. The van der Waals surface area contributed by atoms with Crippen LogP contribution in [0, 0.1) is 0 Å². The van der Waals surface area contributed by atoms with E-state index in [-0.39, 0.29) is 6.03 Å². The molecule has 3 aromatic rings. The Hall–Kier alpha value is -2.83. The van der Waals surface area contributed by atoms with Gasteiger partial charge in [-0.15, -0.1) is 0 Å². The molecule has 1 fully saturated rings. The van der Waals surface area contributed by atoms with Crippen molar-refractivity contribution in [1.82, 2.24) is 19.8 Å².